The lowest BCUT2D eigenvalue weighted by Crippen LogP contribution is -2.20. The largest absolute Gasteiger partial charge is 0.296 e. The molecule has 0 bridgehead atoms. The highest BCUT2D eigenvalue weighted by Gasteiger charge is 2.23. The Balaban J connectivity index is 1.74. The number of nitrogens with zero attached hydrogens (tertiary/aromatic N) is 4. The molecule has 0 fully saturated rings. The van der Waals surface area contributed by atoms with E-state index < -0.39 is 0 Å². The van der Waals surface area contributed by atoms with Gasteiger partial charge >= 0.3 is 0 Å². The number of aryl methyl sites for hydroxylation is 3. The van der Waals surface area contributed by atoms with Crippen molar-refractivity contribution in [3.8, 4) is 0 Å². The molecule has 124 valence electrons. The number of anilines is 1. The highest BCUT2D eigenvalue weighted by molar-refractivity contribution is 7.21. The third-order valence-electron chi connectivity index (χ3n) is 4.11. The highest BCUT2D eigenvalue weighted by atomic mass is 32.1. The van der Waals surface area contributed by atoms with Crippen molar-refractivity contribution in [2.75, 3.05) is 5.32 Å². The van der Waals surface area contributed by atoms with Gasteiger partial charge in [0.15, 0.2) is 0 Å². The number of amides is 1. The van der Waals surface area contributed by atoms with Gasteiger partial charge in [-0.2, -0.15) is 0 Å². The fourth-order valence-electron chi connectivity index (χ4n) is 2.89. The molecule has 0 aliphatic carbocycles. The van der Waals surface area contributed by atoms with Crippen LogP contribution in [0.2, 0.25) is 0 Å². The van der Waals surface area contributed by atoms with Crippen LogP contribution >= 0.6 is 22.7 Å². The smallest absolute Gasteiger partial charge is 0.267 e. The van der Waals surface area contributed by atoms with E-state index in [0.29, 0.717) is 32.3 Å². The fourth-order valence-corrected chi connectivity index (χ4v) is 4.65. The van der Waals surface area contributed by atoms with Crippen LogP contribution in [0, 0.1) is 6.92 Å². The van der Waals surface area contributed by atoms with Gasteiger partial charge in [-0.1, -0.05) is 18.3 Å². The normalized spacial score (nSPS) is 13.4. The summed E-state index contributed by atoms with van der Waals surface area (Å²) in [5, 5.41) is 12.6. The molecule has 3 aromatic heterocycles. The lowest BCUT2D eigenvalue weighted by atomic mass is 10.2. The quantitative estimate of drug-likeness (QED) is 0.773. The summed E-state index contributed by atoms with van der Waals surface area (Å²) in [5.41, 5.74) is 0.650. The van der Waals surface area contributed by atoms with Crippen LogP contribution in [-0.4, -0.2) is 25.7 Å². The maximum absolute atomic E-state index is 12.7. The Morgan fingerprint density at radius 3 is 2.92 bits per heavy atom. The molecule has 7 nitrogen and oxygen atoms in total. The number of thiophene rings is 1. The molecule has 0 saturated carbocycles. The number of rotatable bonds is 3. The molecule has 1 aliphatic heterocycles. The van der Waals surface area contributed by atoms with E-state index in [1.807, 2.05) is 6.92 Å². The Hall–Kier alpha value is -2.13. The zero-order valence-electron chi connectivity index (χ0n) is 13.3. The van der Waals surface area contributed by atoms with Gasteiger partial charge in [0.2, 0.25) is 5.13 Å². The third-order valence-corrected chi connectivity index (χ3v) is 6.27. The van der Waals surface area contributed by atoms with Crippen molar-refractivity contribution in [3.63, 3.8) is 0 Å². The SMILES string of the molecule is CCc1nnc(NC(=O)c2sc3nc4n(c(=O)c3c2C)CCC4)s1. The number of carbonyl (C=O) groups excluding carboxylic acids is 1. The first-order valence-corrected chi connectivity index (χ1v) is 9.38. The minimum atomic E-state index is -0.265. The predicted molar refractivity (Wildman–Crippen MR) is 94.2 cm³/mol. The molecular formula is C15H15N5O2S2. The number of hydrogen-bond donors (Lipinski definition) is 1. The Morgan fingerprint density at radius 1 is 1.33 bits per heavy atom. The molecule has 0 aromatic carbocycles. The van der Waals surface area contributed by atoms with Crippen LogP contribution in [0.4, 0.5) is 5.13 Å². The van der Waals surface area contributed by atoms with Gasteiger partial charge in [-0.05, 0) is 25.3 Å². The lowest BCUT2D eigenvalue weighted by molar-refractivity contribution is 0.103. The number of carbonyl (C=O) groups is 1. The molecule has 0 radical (unpaired) electrons. The first-order valence-electron chi connectivity index (χ1n) is 7.75. The van der Waals surface area contributed by atoms with E-state index in [2.05, 4.69) is 20.5 Å². The Labute approximate surface area is 145 Å². The van der Waals surface area contributed by atoms with Gasteiger partial charge in [0.1, 0.15) is 15.7 Å². The number of fused-ring (bicyclic) bond motifs is 2. The van der Waals surface area contributed by atoms with Crippen LogP contribution in [0.25, 0.3) is 10.2 Å². The maximum Gasteiger partial charge on any atom is 0.267 e. The van der Waals surface area contributed by atoms with Crippen molar-refractivity contribution in [2.24, 2.45) is 0 Å². The summed E-state index contributed by atoms with van der Waals surface area (Å²) >= 11 is 2.62. The van der Waals surface area contributed by atoms with Crippen molar-refractivity contribution in [1.82, 2.24) is 19.7 Å². The first kappa shape index (κ1) is 15.4. The summed E-state index contributed by atoms with van der Waals surface area (Å²) in [5.74, 6) is 0.552. The molecule has 1 amide bonds. The summed E-state index contributed by atoms with van der Waals surface area (Å²) in [4.78, 5) is 31.0. The molecular weight excluding hydrogens is 346 g/mol. The van der Waals surface area contributed by atoms with Crippen LogP contribution in [0.3, 0.4) is 0 Å². The Bertz CT molecular complexity index is 1020. The van der Waals surface area contributed by atoms with Crippen molar-refractivity contribution in [3.05, 3.63) is 31.6 Å². The molecule has 4 heterocycles. The summed E-state index contributed by atoms with van der Waals surface area (Å²) < 4.78 is 1.72. The summed E-state index contributed by atoms with van der Waals surface area (Å²) in [7, 11) is 0. The molecule has 1 aliphatic rings. The minimum absolute atomic E-state index is 0.0375. The van der Waals surface area contributed by atoms with Crippen LogP contribution < -0.4 is 10.9 Å². The highest BCUT2D eigenvalue weighted by Crippen LogP contribution is 2.29. The number of aromatic nitrogens is 4. The minimum Gasteiger partial charge on any atom is -0.296 e. The van der Waals surface area contributed by atoms with E-state index in [1.54, 1.807) is 11.5 Å². The number of hydrogen-bond acceptors (Lipinski definition) is 7. The standard InChI is InChI=1S/C15H15N5O2S2/c1-3-9-18-19-15(23-9)17-12(21)11-7(2)10-13(24-11)16-8-5-4-6-20(8)14(10)22/h3-6H2,1-2H3,(H,17,19,21). The average molecular weight is 361 g/mol. The second-order valence-electron chi connectivity index (χ2n) is 5.63. The van der Waals surface area contributed by atoms with Gasteiger partial charge in [0.25, 0.3) is 11.5 Å². The molecule has 4 rings (SSSR count). The van der Waals surface area contributed by atoms with Gasteiger partial charge in [0.05, 0.1) is 10.3 Å². The van der Waals surface area contributed by atoms with Crippen molar-refractivity contribution < 1.29 is 4.79 Å². The molecule has 0 atom stereocenters. The lowest BCUT2D eigenvalue weighted by Gasteiger charge is -2.02. The molecule has 9 heteroatoms. The van der Waals surface area contributed by atoms with Gasteiger partial charge in [0, 0.05) is 13.0 Å². The van der Waals surface area contributed by atoms with Gasteiger partial charge in [-0.15, -0.1) is 21.5 Å². The molecule has 0 saturated heterocycles. The predicted octanol–water partition coefficient (Wildman–Crippen LogP) is 2.38. The molecule has 0 spiro atoms. The number of nitrogens with one attached hydrogen (secondary N) is 1. The van der Waals surface area contributed by atoms with Crippen molar-refractivity contribution in [2.45, 2.75) is 39.7 Å². The second-order valence-corrected chi connectivity index (χ2v) is 7.69. The topological polar surface area (TPSA) is 89.8 Å². The molecule has 0 unspecified atom stereocenters. The monoisotopic (exact) mass is 361 g/mol. The van der Waals surface area contributed by atoms with Crippen LogP contribution in [0.5, 0.6) is 0 Å². The van der Waals surface area contributed by atoms with E-state index in [1.165, 1.54) is 22.7 Å². The van der Waals surface area contributed by atoms with E-state index in [0.717, 1.165) is 30.1 Å². The van der Waals surface area contributed by atoms with Crippen LogP contribution in [0.15, 0.2) is 4.79 Å². The van der Waals surface area contributed by atoms with E-state index in [9.17, 15) is 9.59 Å². The second kappa shape index (κ2) is 5.75. The van der Waals surface area contributed by atoms with Crippen LogP contribution in [0.1, 0.15) is 39.4 Å². The maximum atomic E-state index is 12.7. The third kappa shape index (κ3) is 2.35. The fraction of sp³-hybridized carbons (Fsp3) is 0.400. The van der Waals surface area contributed by atoms with E-state index in [4.69, 9.17) is 0 Å². The Kier molecular flexibility index (Phi) is 3.69. The van der Waals surface area contributed by atoms with E-state index >= 15 is 0 Å². The molecule has 3 aromatic rings. The molecule has 24 heavy (non-hydrogen) atoms. The van der Waals surface area contributed by atoms with Crippen molar-refractivity contribution >= 4 is 43.9 Å². The van der Waals surface area contributed by atoms with Crippen molar-refractivity contribution in [1.29, 1.82) is 0 Å². The summed E-state index contributed by atoms with van der Waals surface area (Å²) in [6, 6.07) is 0. The zero-order chi connectivity index (χ0) is 16.8. The van der Waals surface area contributed by atoms with Gasteiger partial charge in [-0.3, -0.25) is 19.5 Å². The summed E-state index contributed by atoms with van der Waals surface area (Å²) in [6.07, 6.45) is 2.54. The zero-order valence-corrected chi connectivity index (χ0v) is 14.9. The van der Waals surface area contributed by atoms with Gasteiger partial charge in [-0.25, -0.2) is 4.98 Å². The van der Waals surface area contributed by atoms with Crippen LogP contribution in [-0.2, 0) is 19.4 Å². The van der Waals surface area contributed by atoms with Gasteiger partial charge < -0.3 is 0 Å². The first-order chi connectivity index (χ1) is 11.6. The van der Waals surface area contributed by atoms with E-state index in [-0.39, 0.29) is 11.5 Å². The summed E-state index contributed by atoms with van der Waals surface area (Å²) in [6.45, 7) is 4.50. The Morgan fingerprint density at radius 2 is 2.17 bits per heavy atom. The molecule has 1 N–H and O–H groups in total. The average Bonchev–Trinajstić information content (AvgIpc) is 3.26.